The maximum absolute atomic E-state index is 10.9. The Morgan fingerprint density at radius 1 is 0.846 bits per heavy atom. The van der Waals surface area contributed by atoms with Crippen LogP contribution in [0.15, 0.2) is 24.3 Å². The molecule has 1 unspecified atom stereocenters. The lowest BCUT2D eigenvalue weighted by atomic mass is 9.95. The van der Waals surface area contributed by atoms with Gasteiger partial charge in [0.2, 0.25) is 0 Å². The van der Waals surface area contributed by atoms with Crippen molar-refractivity contribution in [3.63, 3.8) is 0 Å². The van der Waals surface area contributed by atoms with Crippen molar-refractivity contribution in [3.05, 3.63) is 29.8 Å². The van der Waals surface area contributed by atoms with Gasteiger partial charge in [0.05, 0.1) is 12.2 Å². The topological polar surface area (TPSA) is 46.5 Å². The zero-order valence-electron chi connectivity index (χ0n) is 16.8. The molecular weight excluding hydrogens is 324 g/mol. The van der Waals surface area contributed by atoms with Gasteiger partial charge in [-0.2, -0.15) is 0 Å². The second kappa shape index (κ2) is 14.6. The Morgan fingerprint density at radius 2 is 1.35 bits per heavy atom. The van der Waals surface area contributed by atoms with E-state index in [9.17, 15) is 4.79 Å². The molecule has 0 saturated heterocycles. The molecule has 0 aromatic heterocycles. The Labute approximate surface area is 160 Å². The molecule has 0 saturated carbocycles. The molecule has 0 fully saturated rings. The summed E-state index contributed by atoms with van der Waals surface area (Å²) in [5.74, 6) is 0.488. The number of aromatic carboxylic acids is 1. The molecule has 0 radical (unpaired) electrons. The molecule has 1 aromatic carbocycles. The lowest BCUT2D eigenvalue weighted by Gasteiger charge is -2.18. The van der Waals surface area contributed by atoms with E-state index in [2.05, 4.69) is 13.8 Å². The molecule has 148 valence electrons. The third-order valence-electron chi connectivity index (χ3n) is 5.02. The monoisotopic (exact) mass is 362 g/mol. The van der Waals surface area contributed by atoms with Gasteiger partial charge in [-0.1, -0.05) is 78.1 Å². The highest BCUT2D eigenvalue weighted by Crippen LogP contribution is 2.21. The number of carboxylic acid groups (broad SMARTS) is 1. The van der Waals surface area contributed by atoms with Crippen LogP contribution in [0, 0.1) is 5.92 Å². The number of benzene rings is 1. The molecule has 1 N–H and O–H groups in total. The van der Waals surface area contributed by atoms with E-state index >= 15 is 0 Å². The zero-order valence-corrected chi connectivity index (χ0v) is 16.8. The maximum Gasteiger partial charge on any atom is 0.335 e. The molecule has 3 nitrogen and oxygen atoms in total. The Bertz CT molecular complexity index is 467. The van der Waals surface area contributed by atoms with Crippen molar-refractivity contribution in [1.82, 2.24) is 0 Å². The van der Waals surface area contributed by atoms with E-state index < -0.39 is 5.97 Å². The average molecular weight is 363 g/mol. The second-order valence-corrected chi connectivity index (χ2v) is 7.41. The molecule has 3 heteroatoms. The minimum absolute atomic E-state index is 0.306. The van der Waals surface area contributed by atoms with Gasteiger partial charge in [-0.05, 0) is 43.0 Å². The van der Waals surface area contributed by atoms with E-state index in [1.807, 2.05) is 0 Å². The summed E-state index contributed by atoms with van der Waals surface area (Å²) < 4.78 is 5.96. The predicted molar refractivity (Wildman–Crippen MR) is 109 cm³/mol. The highest BCUT2D eigenvalue weighted by Gasteiger charge is 2.10. The first-order valence-electron chi connectivity index (χ1n) is 10.6. The molecule has 1 atom stereocenters. The van der Waals surface area contributed by atoms with Crippen molar-refractivity contribution in [2.45, 2.75) is 90.9 Å². The van der Waals surface area contributed by atoms with Gasteiger partial charge in [0, 0.05) is 0 Å². The Balaban J connectivity index is 2.37. The average Bonchev–Trinajstić information content (AvgIpc) is 2.65. The van der Waals surface area contributed by atoms with Crippen molar-refractivity contribution in [2.75, 3.05) is 6.61 Å². The molecule has 26 heavy (non-hydrogen) atoms. The summed E-state index contributed by atoms with van der Waals surface area (Å²) in [6.45, 7) is 5.25. The minimum Gasteiger partial charge on any atom is -0.493 e. The predicted octanol–water partition coefficient (Wildman–Crippen LogP) is 7.10. The van der Waals surface area contributed by atoms with E-state index in [4.69, 9.17) is 9.84 Å². The van der Waals surface area contributed by atoms with Crippen LogP contribution in [0.3, 0.4) is 0 Å². The number of carboxylic acids is 1. The van der Waals surface area contributed by atoms with Crippen LogP contribution in [0.25, 0.3) is 0 Å². The first-order valence-corrected chi connectivity index (χ1v) is 10.6. The molecule has 0 aliphatic rings. The van der Waals surface area contributed by atoms with Crippen LogP contribution < -0.4 is 4.74 Å². The third-order valence-corrected chi connectivity index (χ3v) is 5.02. The number of unbranched alkanes of at least 4 members (excludes halogenated alkanes) is 8. The fourth-order valence-electron chi connectivity index (χ4n) is 3.29. The lowest BCUT2D eigenvalue weighted by molar-refractivity contribution is 0.0697. The first kappa shape index (κ1) is 22.5. The van der Waals surface area contributed by atoms with Gasteiger partial charge in [-0.3, -0.25) is 0 Å². The van der Waals surface area contributed by atoms with Crippen LogP contribution in [0.1, 0.15) is 101 Å². The molecule has 0 amide bonds. The molecular formula is C23H38O3. The summed E-state index contributed by atoms with van der Waals surface area (Å²) in [5, 5.41) is 8.97. The number of ether oxygens (including phenoxy) is 1. The summed E-state index contributed by atoms with van der Waals surface area (Å²) in [6.07, 6.45) is 15.7. The summed E-state index contributed by atoms with van der Waals surface area (Å²) in [6, 6.07) is 6.76. The highest BCUT2D eigenvalue weighted by molar-refractivity contribution is 5.87. The minimum atomic E-state index is -0.895. The zero-order chi connectivity index (χ0) is 19.0. The van der Waals surface area contributed by atoms with Crippen molar-refractivity contribution >= 4 is 5.97 Å². The quantitative estimate of drug-likeness (QED) is 0.319. The molecule has 0 heterocycles. The van der Waals surface area contributed by atoms with Crippen LogP contribution in [-0.2, 0) is 0 Å². The number of carbonyl (C=O) groups is 1. The number of hydrogen-bond donors (Lipinski definition) is 1. The lowest BCUT2D eigenvalue weighted by Crippen LogP contribution is -2.12. The normalized spacial score (nSPS) is 12.1. The summed E-state index contributed by atoms with van der Waals surface area (Å²) >= 11 is 0. The van der Waals surface area contributed by atoms with Gasteiger partial charge in [0.25, 0.3) is 0 Å². The molecule has 0 aliphatic carbocycles. The molecule has 1 aromatic rings. The Morgan fingerprint density at radius 3 is 1.88 bits per heavy atom. The van der Waals surface area contributed by atoms with Crippen LogP contribution in [0.2, 0.25) is 0 Å². The Kier molecular flexibility index (Phi) is 12.7. The number of hydrogen-bond acceptors (Lipinski definition) is 2. The molecule has 0 spiro atoms. The van der Waals surface area contributed by atoms with Crippen molar-refractivity contribution in [2.24, 2.45) is 5.92 Å². The summed E-state index contributed by atoms with van der Waals surface area (Å²) in [4.78, 5) is 10.9. The van der Waals surface area contributed by atoms with Crippen molar-refractivity contribution in [1.29, 1.82) is 0 Å². The number of rotatable bonds is 16. The van der Waals surface area contributed by atoms with Crippen LogP contribution >= 0.6 is 0 Å². The van der Waals surface area contributed by atoms with E-state index in [0.717, 1.165) is 12.4 Å². The van der Waals surface area contributed by atoms with E-state index in [0.29, 0.717) is 11.5 Å². The smallest absolute Gasteiger partial charge is 0.335 e. The SMILES string of the molecule is CCCCCCCCC(CCCCCC)COc1ccc(C(=O)O)cc1. The van der Waals surface area contributed by atoms with Gasteiger partial charge in [0.15, 0.2) is 0 Å². The van der Waals surface area contributed by atoms with Gasteiger partial charge >= 0.3 is 5.97 Å². The maximum atomic E-state index is 10.9. The fraction of sp³-hybridized carbons (Fsp3) is 0.696. The van der Waals surface area contributed by atoms with Crippen molar-refractivity contribution in [3.8, 4) is 5.75 Å². The highest BCUT2D eigenvalue weighted by atomic mass is 16.5. The first-order chi connectivity index (χ1) is 12.7. The Hall–Kier alpha value is -1.51. The second-order valence-electron chi connectivity index (χ2n) is 7.41. The third kappa shape index (κ3) is 10.5. The van der Waals surface area contributed by atoms with E-state index in [1.54, 1.807) is 24.3 Å². The van der Waals surface area contributed by atoms with E-state index in [-0.39, 0.29) is 0 Å². The van der Waals surface area contributed by atoms with Gasteiger partial charge in [-0.15, -0.1) is 0 Å². The largest absolute Gasteiger partial charge is 0.493 e. The summed E-state index contributed by atoms with van der Waals surface area (Å²) in [7, 11) is 0. The van der Waals surface area contributed by atoms with Crippen LogP contribution in [0.5, 0.6) is 5.75 Å². The fourth-order valence-corrected chi connectivity index (χ4v) is 3.29. The van der Waals surface area contributed by atoms with Gasteiger partial charge in [0.1, 0.15) is 5.75 Å². The molecule has 0 bridgehead atoms. The summed E-state index contributed by atoms with van der Waals surface area (Å²) in [5.41, 5.74) is 0.306. The molecule has 0 aliphatic heterocycles. The standard InChI is InChI=1S/C23H38O3/c1-3-5-7-9-10-12-14-20(13-11-8-6-4-2)19-26-22-17-15-21(16-18-22)23(24)25/h15-18,20H,3-14,19H2,1-2H3,(H,24,25). The molecule has 1 rings (SSSR count). The van der Waals surface area contributed by atoms with Crippen molar-refractivity contribution < 1.29 is 14.6 Å². The van der Waals surface area contributed by atoms with E-state index in [1.165, 1.54) is 77.0 Å². The van der Waals surface area contributed by atoms with Crippen LogP contribution in [-0.4, -0.2) is 17.7 Å². The van der Waals surface area contributed by atoms with Gasteiger partial charge < -0.3 is 9.84 Å². The van der Waals surface area contributed by atoms with Crippen LogP contribution in [0.4, 0.5) is 0 Å². The van der Waals surface area contributed by atoms with Gasteiger partial charge in [-0.25, -0.2) is 4.79 Å².